The molecule has 0 saturated carbocycles. The van der Waals surface area contributed by atoms with Gasteiger partial charge in [0.2, 0.25) is 0 Å². The summed E-state index contributed by atoms with van der Waals surface area (Å²) in [4.78, 5) is 3.69. The molecule has 0 atom stereocenters. The van der Waals surface area contributed by atoms with E-state index < -0.39 is 0 Å². The second kappa shape index (κ2) is 2.79. The van der Waals surface area contributed by atoms with Crippen LogP contribution in [-0.2, 0) is 0 Å². The first kappa shape index (κ1) is 6.50. The molecule has 2 nitrogen and oxygen atoms in total. The first-order valence-electron chi connectivity index (χ1n) is 2.83. The van der Waals surface area contributed by atoms with Crippen LogP contribution in [0, 0.1) is 11.3 Å². The Hall–Kier alpha value is -1.62. The van der Waals surface area contributed by atoms with E-state index in [0.717, 1.165) is 5.69 Å². The second-order valence-corrected chi connectivity index (χ2v) is 1.82. The van der Waals surface area contributed by atoms with Gasteiger partial charge in [-0.15, -0.1) is 0 Å². The van der Waals surface area contributed by atoms with Crippen molar-refractivity contribution in [2.45, 2.75) is 0 Å². The van der Waals surface area contributed by atoms with Crippen molar-refractivity contribution in [3.05, 3.63) is 29.8 Å². The zero-order valence-corrected chi connectivity index (χ0v) is 5.41. The average molecular weight is 130 g/mol. The van der Waals surface area contributed by atoms with Gasteiger partial charge in [0.15, 0.2) is 0 Å². The van der Waals surface area contributed by atoms with Crippen molar-refractivity contribution in [3.8, 4) is 6.07 Å². The Bertz CT molecular complexity index is 266. The molecule has 0 aliphatic rings. The van der Waals surface area contributed by atoms with Crippen LogP contribution in [0.4, 0.5) is 5.69 Å². The third-order valence-corrected chi connectivity index (χ3v) is 1.18. The third-order valence-electron chi connectivity index (χ3n) is 1.18. The zero-order valence-electron chi connectivity index (χ0n) is 5.41. The lowest BCUT2D eigenvalue weighted by Gasteiger charge is -1.89. The maximum Gasteiger partial charge on any atom is 0.0991 e. The van der Waals surface area contributed by atoms with Gasteiger partial charge in [-0.25, -0.2) is 0 Å². The molecule has 0 aromatic heterocycles. The van der Waals surface area contributed by atoms with Crippen LogP contribution in [0.2, 0.25) is 0 Å². The van der Waals surface area contributed by atoms with E-state index in [4.69, 9.17) is 5.26 Å². The molecule has 0 saturated heterocycles. The van der Waals surface area contributed by atoms with Gasteiger partial charge in [0.05, 0.1) is 17.3 Å². The van der Waals surface area contributed by atoms with Gasteiger partial charge < -0.3 is 0 Å². The summed E-state index contributed by atoms with van der Waals surface area (Å²) < 4.78 is 0. The molecule has 0 N–H and O–H groups in total. The minimum atomic E-state index is 0.646. The molecular formula is C8H6N2. The monoisotopic (exact) mass is 130 g/mol. The third kappa shape index (κ3) is 1.20. The molecule has 10 heavy (non-hydrogen) atoms. The number of nitriles is 1. The molecule has 0 bridgehead atoms. The summed E-state index contributed by atoms with van der Waals surface area (Å²) in [5, 5.41) is 8.40. The molecule has 2 heteroatoms. The van der Waals surface area contributed by atoms with Gasteiger partial charge in [-0.1, -0.05) is 0 Å². The molecule has 0 aliphatic heterocycles. The van der Waals surface area contributed by atoms with Crippen LogP contribution in [0.1, 0.15) is 5.56 Å². The smallest absolute Gasteiger partial charge is 0.0991 e. The Morgan fingerprint density at radius 1 is 1.30 bits per heavy atom. The van der Waals surface area contributed by atoms with E-state index in [1.807, 2.05) is 6.07 Å². The molecule has 1 aromatic rings. The van der Waals surface area contributed by atoms with Crippen LogP contribution in [-0.4, -0.2) is 6.72 Å². The van der Waals surface area contributed by atoms with E-state index in [1.54, 1.807) is 24.3 Å². The van der Waals surface area contributed by atoms with Crippen molar-refractivity contribution in [2.75, 3.05) is 0 Å². The summed E-state index contributed by atoms with van der Waals surface area (Å²) in [7, 11) is 0. The fourth-order valence-electron chi connectivity index (χ4n) is 0.641. The summed E-state index contributed by atoms with van der Waals surface area (Å²) in [5.41, 5.74) is 1.44. The molecule has 48 valence electrons. The molecule has 0 fully saturated rings. The number of aliphatic imine (C=N–C) groups is 1. The Labute approximate surface area is 59.4 Å². The SMILES string of the molecule is C=Nc1ccc(C#N)cc1. The Morgan fingerprint density at radius 3 is 2.30 bits per heavy atom. The van der Waals surface area contributed by atoms with Gasteiger partial charge in [-0.05, 0) is 31.0 Å². The normalized spacial score (nSPS) is 8.30. The predicted molar refractivity (Wildman–Crippen MR) is 40.4 cm³/mol. The fraction of sp³-hybridized carbons (Fsp3) is 0. The van der Waals surface area contributed by atoms with Crippen LogP contribution in [0.3, 0.4) is 0 Å². The van der Waals surface area contributed by atoms with Crippen LogP contribution in [0.15, 0.2) is 29.3 Å². The maximum absolute atomic E-state index is 8.40. The maximum atomic E-state index is 8.40. The summed E-state index contributed by atoms with van der Waals surface area (Å²) in [6.45, 7) is 3.35. The average Bonchev–Trinajstić information content (AvgIpc) is 2.05. The van der Waals surface area contributed by atoms with Gasteiger partial charge in [0.1, 0.15) is 0 Å². The van der Waals surface area contributed by atoms with E-state index in [9.17, 15) is 0 Å². The Balaban J connectivity index is 3.04. The number of benzene rings is 1. The van der Waals surface area contributed by atoms with E-state index in [0.29, 0.717) is 5.56 Å². The first-order valence-corrected chi connectivity index (χ1v) is 2.83. The van der Waals surface area contributed by atoms with Crippen molar-refractivity contribution < 1.29 is 0 Å². The minimum absolute atomic E-state index is 0.646. The quantitative estimate of drug-likeness (QED) is 0.535. The molecule has 0 radical (unpaired) electrons. The molecule has 0 heterocycles. The summed E-state index contributed by atoms with van der Waals surface area (Å²) in [5.74, 6) is 0. The van der Waals surface area contributed by atoms with Gasteiger partial charge >= 0.3 is 0 Å². The largest absolute Gasteiger partial charge is 0.265 e. The van der Waals surface area contributed by atoms with Gasteiger partial charge in [-0.2, -0.15) is 5.26 Å². The van der Waals surface area contributed by atoms with Crippen molar-refractivity contribution >= 4 is 12.4 Å². The lowest BCUT2D eigenvalue weighted by molar-refractivity contribution is 1.47. The number of hydrogen-bond donors (Lipinski definition) is 0. The van der Waals surface area contributed by atoms with Crippen molar-refractivity contribution in [1.82, 2.24) is 0 Å². The van der Waals surface area contributed by atoms with Crippen molar-refractivity contribution in [3.63, 3.8) is 0 Å². The summed E-state index contributed by atoms with van der Waals surface area (Å²) >= 11 is 0. The molecule has 0 aliphatic carbocycles. The number of hydrogen-bond acceptors (Lipinski definition) is 2. The highest BCUT2D eigenvalue weighted by atomic mass is 14.7. The lowest BCUT2D eigenvalue weighted by Crippen LogP contribution is -1.69. The number of nitrogens with zero attached hydrogens (tertiary/aromatic N) is 2. The van der Waals surface area contributed by atoms with Gasteiger partial charge in [0.25, 0.3) is 0 Å². The van der Waals surface area contributed by atoms with Crippen LogP contribution in [0.25, 0.3) is 0 Å². The van der Waals surface area contributed by atoms with Crippen LogP contribution in [0.5, 0.6) is 0 Å². The predicted octanol–water partition coefficient (Wildman–Crippen LogP) is 1.89. The molecule has 1 aromatic carbocycles. The minimum Gasteiger partial charge on any atom is -0.265 e. The topological polar surface area (TPSA) is 36.1 Å². The van der Waals surface area contributed by atoms with Crippen molar-refractivity contribution in [1.29, 1.82) is 5.26 Å². The molecule has 0 unspecified atom stereocenters. The van der Waals surface area contributed by atoms with Crippen LogP contribution < -0.4 is 0 Å². The first-order chi connectivity index (χ1) is 4.86. The zero-order chi connectivity index (χ0) is 7.40. The lowest BCUT2D eigenvalue weighted by atomic mass is 10.2. The van der Waals surface area contributed by atoms with Crippen molar-refractivity contribution in [2.24, 2.45) is 4.99 Å². The molecule has 1 rings (SSSR count). The highest BCUT2D eigenvalue weighted by Gasteiger charge is 1.87. The molecular weight excluding hydrogens is 124 g/mol. The summed E-state index contributed by atoms with van der Waals surface area (Å²) in [6.07, 6.45) is 0. The standard InChI is InChI=1S/C8H6N2/c1-10-8-4-2-7(6-9)3-5-8/h2-5H,1H2. The van der Waals surface area contributed by atoms with E-state index in [1.165, 1.54) is 0 Å². The van der Waals surface area contributed by atoms with Gasteiger partial charge in [0, 0.05) is 0 Å². The second-order valence-electron chi connectivity index (χ2n) is 1.82. The molecule has 0 amide bonds. The van der Waals surface area contributed by atoms with E-state index >= 15 is 0 Å². The summed E-state index contributed by atoms with van der Waals surface area (Å²) in [6, 6.07) is 8.95. The van der Waals surface area contributed by atoms with Gasteiger partial charge in [-0.3, -0.25) is 4.99 Å². The highest BCUT2D eigenvalue weighted by molar-refractivity contribution is 5.47. The highest BCUT2D eigenvalue weighted by Crippen LogP contribution is 2.10. The van der Waals surface area contributed by atoms with Crippen LogP contribution >= 0.6 is 0 Å². The molecule has 0 spiro atoms. The van der Waals surface area contributed by atoms with E-state index in [2.05, 4.69) is 11.7 Å². The number of rotatable bonds is 1. The fourth-order valence-corrected chi connectivity index (χ4v) is 0.641. The van der Waals surface area contributed by atoms with E-state index in [-0.39, 0.29) is 0 Å². The Morgan fingerprint density at radius 2 is 1.90 bits per heavy atom. The Kier molecular flexibility index (Phi) is 1.81.